The van der Waals surface area contributed by atoms with Gasteiger partial charge in [0.1, 0.15) is 17.9 Å². The Morgan fingerprint density at radius 2 is 1.83 bits per heavy atom. The van der Waals surface area contributed by atoms with Gasteiger partial charge in [-0.05, 0) is 131 Å². The SMILES string of the molecule is CNC1=CC(=O)[N+](C2=CC(C)Nc3c2cc([C@H](C)N2CC=C(c4c(C)cc(C(=O)N5CCn6nc(CC7CCN(c8ccc9c(c8)N(C8CC8)C(O)C(C8CCC(=O)NC8=O)C9)CC7)cc6C5)cc4F)CC2)n3C)=C=C1. The van der Waals surface area contributed by atoms with E-state index in [1.165, 1.54) is 6.07 Å². The second-order valence-corrected chi connectivity index (χ2v) is 22.5. The number of carbonyl (C=O) groups is 4. The number of anilines is 3. The number of imide groups is 1. The predicted molar refractivity (Wildman–Crippen MR) is 289 cm³/mol. The molecule has 4 aromatic rings. The van der Waals surface area contributed by atoms with Crippen molar-refractivity contribution in [1.29, 1.82) is 0 Å². The number of likely N-dealkylation sites (N-methyl/N-ethyl adjacent to an activating group) is 1. The van der Waals surface area contributed by atoms with Gasteiger partial charge >= 0.3 is 5.91 Å². The summed E-state index contributed by atoms with van der Waals surface area (Å²) in [5, 5.41) is 25.8. The van der Waals surface area contributed by atoms with Crippen LogP contribution in [0.4, 0.5) is 21.6 Å². The maximum Gasteiger partial charge on any atom is 0.429 e. The summed E-state index contributed by atoms with van der Waals surface area (Å²) in [6, 6.07) is 14.5. The molecule has 0 spiro atoms. The third-order valence-corrected chi connectivity index (χ3v) is 17.6. The van der Waals surface area contributed by atoms with Crippen LogP contribution in [0.15, 0.2) is 72.5 Å². The van der Waals surface area contributed by atoms with Crippen molar-refractivity contribution in [2.24, 2.45) is 24.8 Å². The minimum absolute atomic E-state index is 0.00771. The largest absolute Gasteiger partial charge is 0.429 e. The monoisotopic (exact) mass is 1030 g/mol. The van der Waals surface area contributed by atoms with E-state index < -0.39 is 6.23 Å². The molecular weight excluding hydrogens is 962 g/mol. The Morgan fingerprint density at radius 3 is 2.55 bits per heavy atom. The summed E-state index contributed by atoms with van der Waals surface area (Å²) in [6.45, 7) is 10.9. The van der Waals surface area contributed by atoms with E-state index in [0.29, 0.717) is 74.6 Å². The fraction of sp³-hybridized carbons (Fsp3) is 0.475. The first-order chi connectivity index (χ1) is 36.7. The molecule has 2 saturated heterocycles. The lowest BCUT2D eigenvalue weighted by Crippen LogP contribution is -2.54. The molecule has 396 valence electrons. The van der Waals surface area contributed by atoms with Gasteiger partial charge in [-0.2, -0.15) is 5.10 Å². The molecule has 76 heavy (non-hydrogen) atoms. The van der Waals surface area contributed by atoms with E-state index in [-0.39, 0.29) is 59.4 Å². The summed E-state index contributed by atoms with van der Waals surface area (Å²) in [5.74, 6) is 2.74. The first-order valence-corrected chi connectivity index (χ1v) is 27.5. The fourth-order valence-electron chi connectivity index (χ4n) is 13.2. The summed E-state index contributed by atoms with van der Waals surface area (Å²) in [6.07, 6.45) is 13.8. The Labute approximate surface area is 443 Å². The van der Waals surface area contributed by atoms with Crippen molar-refractivity contribution in [3.63, 3.8) is 0 Å². The highest BCUT2D eigenvalue weighted by molar-refractivity contribution is 5.99. The zero-order valence-electron chi connectivity index (χ0n) is 44.2. The number of aliphatic hydroxyl groups excluding tert-OH is 1. The Morgan fingerprint density at radius 1 is 1.01 bits per heavy atom. The van der Waals surface area contributed by atoms with Gasteiger partial charge in [-0.1, -0.05) is 16.7 Å². The van der Waals surface area contributed by atoms with Gasteiger partial charge in [-0.25, -0.2) is 9.18 Å². The molecule has 4 N–H and O–H groups in total. The summed E-state index contributed by atoms with van der Waals surface area (Å²) >= 11 is 0. The minimum atomic E-state index is -0.767. The van der Waals surface area contributed by atoms with E-state index in [0.717, 1.165) is 114 Å². The number of hydrogen-bond donors (Lipinski definition) is 4. The van der Waals surface area contributed by atoms with Crippen molar-refractivity contribution in [3.05, 3.63) is 123 Å². The van der Waals surface area contributed by atoms with Crippen LogP contribution in [0.1, 0.15) is 115 Å². The summed E-state index contributed by atoms with van der Waals surface area (Å²) in [5.41, 5.74) is 11.6. The topological polar surface area (TPSA) is 163 Å². The van der Waals surface area contributed by atoms with Crippen LogP contribution in [0, 0.1) is 30.5 Å². The normalized spacial score (nSPS) is 24.4. The summed E-state index contributed by atoms with van der Waals surface area (Å²) in [4.78, 5) is 60.8. The molecule has 2 aromatic carbocycles. The predicted octanol–water partition coefficient (Wildman–Crippen LogP) is 6.18. The Hall–Kier alpha value is -7.07. The molecule has 2 aromatic heterocycles. The lowest BCUT2D eigenvalue weighted by molar-refractivity contribution is -0.347. The van der Waals surface area contributed by atoms with Gasteiger partial charge in [-0.3, -0.25) is 29.3 Å². The molecule has 3 fully saturated rings. The molecule has 1 aliphatic carbocycles. The average molecular weight is 1030 g/mol. The minimum Gasteiger partial charge on any atom is -0.387 e. The number of aliphatic hydroxyl groups is 1. The highest BCUT2D eigenvalue weighted by atomic mass is 19.1. The van der Waals surface area contributed by atoms with Crippen molar-refractivity contribution < 1.29 is 33.3 Å². The van der Waals surface area contributed by atoms with Gasteiger partial charge in [0.05, 0.1) is 47.9 Å². The molecule has 17 heteroatoms. The number of aromatic nitrogens is 3. The quantitative estimate of drug-likeness (QED) is 0.100. The van der Waals surface area contributed by atoms with Crippen LogP contribution >= 0.6 is 0 Å². The molecule has 7 aliphatic heterocycles. The van der Waals surface area contributed by atoms with Crippen molar-refractivity contribution in [2.45, 2.75) is 116 Å². The first kappa shape index (κ1) is 49.8. The highest BCUT2D eigenvalue weighted by Gasteiger charge is 2.47. The van der Waals surface area contributed by atoms with Crippen LogP contribution in [0.3, 0.4) is 0 Å². The van der Waals surface area contributed by atoms with Crippen LogP contribution in [-0.2, 0) is 47.4 Å². The van der Waals surface area contributed by atoms with Crippen LogP contribution in [0.2, 0.25) is 0 Å². The van der Waals surface area contributed by atoms with E-state index in [2.05, 4.69) is 104 Å². The zero-order chi connectivity index (χ0) is 52.7. The molecular formula is C59H69FN11O5+. The molecule has 5 atom stereocenters. The third-order valence-electron chi connectivity index (χ3n) is 17.6. The number of aryl methyl sites for hydroxylation is 1. The maximum absolute atomic E-state index is 16.3. The number of allylic oxidation sites excluding steroid dienone is 1. The summed E-state index contributed by atoms with van der Waals surface area (Å²) < 4.78 is 22.1. The molecule has 9 heterocycles. The number of hydrogen-bond acceptors (Lipinski definition) is 11. The van der Waals surface area contributed by atoms with Crippen LogP contribution < -0.4 is 25.8 Å². The Kier molecular flexibility index (Phi) is 13.0. The first-order valence-electron chi connectivity index (χ1n) is 27.5. The van der Waals surface area contributed by atoms with Crippen LogP contribution in [0.5, 0.6) is 0 Å². The number of piperidine rings is 2. The number of fused-ring (bicyclic) bond motifs is 3. The second kappa shape index (κ2) is 19.8. The van der Waals surface area contributed by atoms with Crippen molar-refractivity contribution in [2.75, 3.05) is 54.9 Å². The molecule has 16 nitrogen and oxygen atoms in total. The number of nitrogens with zero attached hydrogens (tertiary/aromatic N) is 8. The van der Waals surface area contributed by atoms with Gasteiger partial charge < -0.3 is 35.0 Å². The van der Waals surface area contributed by atoms with E-state index >= 15 is 4.39 Å². The van der Waals surface area contributed by atoms with Gasteiger partial charge in [0, 0.05) is 117 Å². The van der Waals surface area contributed by atoms with Gasteiger partial charge in [0.15, 0.2) is 5.87 Å². The van der Waals surface area contributed by atoms with Gasteiger partial charge in [0.2, 0.25) is 17.5 Å². The van der Waals surface area contributed by atoms with E-state index in [4.69, 9.17) is 5.10 Å². The third kappa shape index (κ3) is 9.19. The van der Waals surface area contributed by atoms with Crippen molar-refractivity contribution in [3.8, 4) is 0 Å². The Bertz CT molecular complexity index is 3210. The number of rotatable bonds is 11. The van der Waals surface area contributed by atoms with E-state index in [9.17, 15) is 24.3 Å². The van der Waals surface area contributed by atoms with Crippen molar-refractivity contribution >= 4 is 58.0 Å². The molecule has 4 amide bonds. The number of benzene rings is 2. The molecule has 8 aliphatic rings. The highest BCUT2D eigenvalue weighted by Crippen LogP contribution is 2.46. The summed E-state index contributed by atoms with van der Waals surface area (Å²) in [7, 11) is 3.84. The van der Waals surface area contributed by atoms with Gasteiger partial charge in [-0.15, -0.1) is 0 Å². The molecule has 1 saturated carbocycles. The van der Waals surface area contributed by atoms with Crippen LogP contribution in [-0.4, -0.2) is 121 Å². The number of halogens is 1. The fourth-order valence-corrected chi connectivity index (χ4v) is 13.2. The lowest BCUT2D eigenvalue weighted by atomic mass is 9.77. The molecule has 0 radical (unpaired) electrons. The molecule has 4 unspecified atom stereocenters. The van der Waals surface area contributed by atoms with E-state index in [1.54, 1.807) is 23.8 Å². The molecule has 0 bridgehead atoms. The maximum atomic E-state index is 16.3. The number of nitrogens with one attached hydrogen (secondary N) is 3. The number of carbonyl (C=O) groups excluding carboxylic acids is 4. The number of amides is 4. The zero-order valence-corrected chi connectivity index (χ0v) is 44.2. The second-order valence-electron chi connectivity index (χ2n) is 22.5. The van der Waals surface area contributed by atoms with E-state index in [1.807, 2.05) is 22.6 Å². The standard InChI is InChI=1S/C59H68FN11O5/c1-34-24-40(28-49(60)55(34)38-14-19-66(20-15-38)36(3)50-32-48-52(25-35(2)62-56(48)65(50)5)69-21-16-41(61-4)30-54(69)73)58(75)68-22-23-70-45(33-68)29-42(64-70)26-37-12-17-67(18-13-37)44-7-6-39-27-47(46-10-11-53(72)63-57(46)74)59(76)71(43-8-9-43)51(39)31-44/h6-7,14,16,24-25,28-32,35-37,43,46-47,59,62,76H,8-13,15,17-20,22-23,26-27,33H2,1-5H3,(H-,61,63,72,73,74)/p+1/t35?,36-,46?,47?,59?/m0/s1. The van der Waals surface area contributed by atoms with Crippen molar-refractivity contribution in [1.82, 2.24) is 34.8 Å². The van der Waals surface area contributed by atoms with Crippen LogP contribution in [0.25, 0.3) is 11.3 Å². The van der Waals surface area contributed by atoms with Gasteiger partial charge in [0.25, 0.3) is 5.91 Å². The molecule has 12 rings (SSSR count). The smallest absolute Gasteiger partial charge is 0.387 e. The lowest BCUT2D eigenvalue weighted by Gasteiger charge is -2.45. The average Bonchev–Trinajstić information content (AvgIpc) is 4.15. The Balaban J connectivity index is 0.656.